The monoisotopic (exact) mass is 543 g/mol. The van der Waals surface area contributed by atoms with E-state index in [-0.39, 0.29) is 43.1 Å². The van der Waals surface area contributed by atoms with Crippen molar-refractivity contribution in [3.8, 4) is 0 Å². The molecule has 0 aliphatic heterocycles. The number of nitrogens with one attached hydrogen (secondary N) is 4. The van der Waals surface area contributed by atoms with Gasteiger partial charge < -0.3 is 30.4 Å². The van der Waals surface area contributed by atoms with Crippen molar-refractivity contribution in [3.63, 3.8) is 0 Å². The summed E-state index contributed by atoms with van der Waals surface area (Å²) in [6.07, 6.45) is 6.09. The Kier molecular flexibility index (Phi) is 12.1. The summed E-state index contributed by atoms with van der Waals surface area (Å²) in [5.74, 6) is -2.64. The van der Waals surface area contributed by atoms with Gasteiger partial charge in [-0.2, -0.15) is 0 Å². The molecule has 2 aromatic rings. The molecule has 2 rings (SSSR count). The second-order valence-electron chi connectivity index (χ2n) is 9.14. The first-order chi connectivity index (χ1) is 18.6. The van der Waals surface area contributed by atoms with Gasteiger partial charge in [-0.25, -0.2) is 4.98 Å². The molecule has 1 atom stereocenters. The SMILES string of the molecule is CCC(CC)CNC(=O)Cn1cccc(NC(=O)[C@H](CCCC(=O)C(=O)NC)NC(=O)c2cncn2C)c1=O. The number of hydrogen-bond donors (Lipinski definition) is 4. The van der Waals surface area contributed by atoms with Crippen molar-refractivity contribution in [2.24, 2.45) is 13.0 Å². The molecule has 4 amide bonds. The minimum atomic E-state index is -1.12. The first kappa shape index (κ1) is 30.9. The number of aromatic nitrogens is 3. The van der Waals surface area contributed by atoms with E-state index in [1.165, 1.54) is 47.0 Å². The lowest BCUT2D eigenvalue weighted by Crippen LogP contribution is -2.45. The number of imidazole rings is 1. The third-order valence-corrected chi connectivity index (χ3v) is 6.38. The van der Waals surface area contributed by atoms with E-state index in [1.807, 2.05) is 13.8 Å². The molecule has 0 fully saturated rings. The minimum absolute atomic E-state index is 0.0254. The Labute approximate surface area is 226 Å². The lowest BCUT2D eigenvalue weighted by molar-refractivity contribution is -0.137. The van der Waals surface area contributed by atoms with Gasteiger partial charge in [0.25, 0.3) is 17.4 Å². The van der Waals surface area contributed by atoms with Crippen molar-refractivity contribution in [1.82, 2.24) is 30.1 Å². The van der Waals surface area contributed by atoms with E-state index in [0.29, 0.717) is 12.5 Å². The molecule has 0 unspecified atom stereocenters. The van der Waals surface area contributed by atoms with Gasteiger partial charge in [0, 0.05) is 33.3 Å². The van der Waals surface area contributed by atoms with Crippen molar-refractivity contribution < 1.29 is 24.0 Å². The van der Waals surface area contributed by atoms with E-state index in [0.717, 1.165) is 12.8 Å². The van der Waals surface area contributed by atoms with Gasteiger partial charge in [-0.3, -0.25) is 28.8 Å². The Balaban J connectivity index is 2.14. The molecule has 0 aliphatic rings. The summed E-state index contributed by atoms with van der Waals surface area (Å²) in [4.78, 5) is 78.5. The molecule has 0 saturated heterocycles. The fraction of sp³-hybridized carbons (Fsp3) is 0.500. The van der Waals surface area contributed by atoms with Crippen LogP contribution in [0.5, 0.6) is 0 Å². The van der Waals surface area contributed by atoms with Gasteiger partial charge in [-0.05, 0) is 30.9 Å². The van der Waals surface area contributed by atoms with Crippen LogP contribution in [0.3, 0.4) is 0 Å². The van der Waals surface area contributed by atoms with Crippen LogP contribution < -0.4 is 26.8 Å². The zero-order valence-corrected chi connectivity index (χ0v) is 22.8. The normalized spacial score (nSPS) is 11.5. The molecule has 0 aliphatic carbocycles. The van der Waals surface area contributed by atoms with Crippen molar-refractivity contribution >= 4 is 35.1 Å². The molecule has 212 valence electrons. The molecule has 39 heavy (non-hydrogen) atoms. The van der Waals surface area contributed by atoms with Crippen LogP contribution in [0.4, 0.5) is 5.69 Å². The highest BCUT2D eigenvalue weighted by atomic mass is 16.2. The van der Waals surface area contributed by atoms with E-state index >= 15 is 0 Å². The molecule has 0 aromatic carbocycles. The molecular formula is C26H37N7O6. The van der Waals surface area contributed by atoms with Crippen LogP contribution in [0.2, 0.25) is 0 Å². The highest BCUT2D eigenvalue weighted by molar-refractivity contribution is 6.36. The molecule has 0 bridgehead atoms. The number of carbonyl (C=O) groups excluding carboxylic acids is 5. The maximum absolute atomic E-state index is 13.2. The Hall–Kier alpha value is -4.29. The molecule has 0 saturated carbocycles. The average Bonchev–Trinajstić information content (AvgIpc) is 3.36. The second-order valence-corrected chi connectivity index (χ2v) is 9.14. The van der Waals surface area contributed by atoms with Crippen LogP contribution in [-0.4, -0.2) is 63.2 Å². The second kappa shape index (κ2) is 15.2. The number of carbonyl (C=O) groups is 5. The number of hydrogen-bond acceptors (Lipinski definition) is 7. The van der Waals surface area contributed by atoms with E-state index < -0.39 is 35.1 Å². The van der Waals surface area contributed by atoms with Crippen LogP contribution in [0.15, 0.2) is 35.6 Å². The number of anilines is 1. The zero-order chi connectivity index (χ0) is 28.9. The summed E-state index contributed by atoms with van der Waals surface area (Å²) in [6.45, 7) is 4.38. The summed E-state index contributed by atoms with van der Waals surface area (Å²) < 4.78 is 2.66. The van der Waals surface area contributed by atoms with Crippen molar-refractivity contribution in [2.75, 3.05) is 18.9 Å². The van der Waals surface area contributed by atoms with Crippen molar-refractivity contribution in [2.45, 2.75) is 58.5 Å². The minimum Gasteiger partial charge on any atom is -0.354 e. The lowest BCUT2D eigenvalue weighted by atomic mass is 10.0. The highest BCUT2D eigenvalue weighted by Gasteiger charge is 2.24. The molecule has 2 heterocycles. The highest BCUT2D eigenvalue weighted by Crippen LogP contribution is 2.09. The number of ketones is 1. The Morgan fingerprint density at radius 3 is 2.44 bits per heavy atom. The summed E-state index contributed by atoms with van der Waals surface area (Å²) in [5.41, 5.74) is -0.456. The first-order valence-electron chi connectivity index (χ1n) is 12.9. The van der Waals surface area contributed by atoms with Crippen LogP contribution in [0.1, 0.15) is 56.4 Å². The van der Waals surface area contributed by atoms with E-state index in [2.05, 4.69) is 26.3 Å². The van der Waals surface area contributed by atoms with E-state index in [1.54, 1.807) is 7.05 Å². The van der Waals surface area contributed by atoms with Gasteiger partial charge in [0.2, 0.25) is 17.6 Å². The molecule has 13 nitrogen and oxygen atoms in total. The molecule has 0 spiro atoms. The standard InChI is InChI=1S/C26H37N7O6/c1-5-17(6-2)13-29-22(35)15-33-12-8-10-19(26(33)39)31-23(36)18(9-7-11-21(34)25(38)27-3)30-24(37)20-14-28-16-32(20)4/h8,10,12,14,16-18H,5-7,9,11,13,15H2,1-4H3,(H,27,38)(H,29,35)(H,30,37)(H,31,36)/t18-/m0/s1. The molecule has 2 aromatic heterocycles. The Morgan fingerprint density at radius 2 is 1.82 bits per heavy atom. The third kappa shape index (κ3) is 9.20. The van der Waals surface area contributed by atoms with Crippen molar-refractivity contribution in [1.29, 1.82) is 0 Å². The first-order valence-corrected chi connectivity index (χ1v) is 12.9. The summed E-state index contributed by atoms with van der Waals surface area (Å²) in [7, 11) is 2.96. The number of rotatable bonds is 15. The van der Waals surface area contributed by atoms with Gasteiger partial charge in [-0.15, -0.1) is 0 Å². The Morgan fingerprint density at radius 1 is 1.10 bits per heavy atom. The summed E-state index contributed by atoms with van der Waals surface area (Å²) in [5, 5.41) is 10.2. The zero-order valence-electron chi connectivity index (χ0n) is 22.8. The summed E-state index contributed by atoms with van der Waals surface area (Å²) in [6, 6.07) is 1.80. The fourth-order valence-corrected chi connectivity index (χ4v) is 3.82. The predicted molar refractivity (Wildman–Crippen MR) is 144 cm³/mol. The number of nitrogens with zero attached hydrogens (tertiary/aromatic N) is 3. The number of likely N-dealkylation sites (N-methyl/N-ethyl adjacent to an activating group) is 1. The number of Topliss-reactive ketones (excluding diaryl/α,β-unsaturated/α-hetero) is 1. The fourth-order valence-electron chi connectivity index (χ4n) is 3.82. The van der Waals surface area contributed by atoms with Gasteiger partial charge >= 0.3 is 0 Å². The topological polar surface area (TPSA) is 173 Å². The maximum Gasteiger partial charge on any atom is 0.287 e. The van der Waals surface area contributed by atoms with Crippen molar-refractivity contribution in [3.05, 3.63) is 46.9 Å². The molecular weight excluding hydrogens is 506 g/mol. The van der Waals surface area contributed by atoms with Crippen LogP contribution in [-0.2, 0) is 32.8 Å². The van der Waals surface area contributed by atoms with E-state index in [9.17, 15) is 28.8 Å². The van der Waals surface area contributed by atoms with Gasteiger partial charge in [-0.1, -0.05) is 26.7 Å². The van der Waals surface area contributed by atoms with Crippen LogP contribution in [0.25, 0.3) is 0 Å². The molecule has 0 radical (unpaired) electrons. The van der Waals surface area contributed by atoms with Crippen LogP contribution in [0, 0.1) is 5.92 Å². The number of aryl methyl sites for hydroxylation is 1. The quantitative estimate of drug-likeness (QED) is 0.235. The average molecular weight is 544 g/mol. The smallest absolute Gasteiger partial charge is 0.287 e. The van der Waals surface area contributed by atoms with Gasteiger partial charge in [0.15, 0.2) is 0 Å². The molecule has 13 heteroatoms. The van der Waals surface area contributed by atoms with Crippen LogP contribution >= 0.6 is 0 Å². The van der Waals surface area contributed by atoms with E-state index in [4.69, 9.17) is 0 Å². The maximum atomic E-state index is 13.2. The largest absolute Gasteiger partial charge is 0.354 e. The third-order valence-electron chi connectivity index (χ3n) is 6.38. The lowest BCUT2D eigenvalue weighted by Gasteiger charge is -2.19. The molecule has 4 N–H and O–H groups in total. The Bertz CT molecular complexity index is 1230. The predicted octanol–water partition coefficient (Wildman–Crippen LogP) is 0.357. The number of pyridine rings is 1. The summed E-state index contributed by atoms with van der Waals surface area (Å²) >= 11 is 0. The van der Waals surface area contributed by atoms with Gasteiger partial charge in [0.1, 0.15) is 24.0 Å². The number of amides is 4. The van der Waals surface area contributed by atoms with Gasteiger partial charge in [0.05, 0.1) is 12.5 Å².